The number of nitrogens with zero attached hydrogens (tertiary/aromatic N) is 4. The fourth-order valence-corrected chi connectivity index (χ4v) is 5.43. The number of thiazole rings is 1. The Kier molecular flexibility index (Phi) is 7.83. The Labute approximate surface area is 233 Å². The maximum absolute atomic E-state index is 14.1. The van der Waals surface area contributed by atoms with Gasteiger partial charge in [0.15, 0.2) is 5.69 Å². The summed E-state index contributed by atoms with van der Waals surface area (Å²) in [6.07, 6.45) is 2.43. The summed E-state index contributed by atoms with van der Waals surface area (Å²) < 4.78 is 47.2. The smallest absolute Gasteiger partial charge is 0.388 e. The number of nitrogens with one attached hydrogen (secondary N) is 4. The molecule has 0 atom stereocenters. The molecular formula is C25H23F3N8O4S. The van der Waals surface area contributed by atoms with Crippen LogP contribution in [-0.2, 0) is 6.18 Å². The third kappa shape index (κ3) is 6.26. The highest BCUT2D eigenvalue weighted by Crippen LogP contribution is 2.41. The number of urea groups is 1. The molecule has 0 radical (unpaired) electrons. The molecule has 3 amide bonds. The molecule has 1 fully saturated rings. The second-order valence-electron chi connectivity index (χ2n) is 9.13. The minimum absolute atomic E-state index is 0.0397. The number of alkyl halides is 3. The first-order chi connectivity index (χ1) is 19.6. The molecule has 0 aliphatic heterocycles. The Morgan fingerprint density at radius 2 is 1.88 bits per heavy atom. The van der Waals surface area contributed by atoms with E-state index in [1.165, 1.54) is 24.7 Å². The van der Waals surface area contributed by atoms with Gasteiger partial charge in [0.2, 0.25) is 0 Å². The third-order valence-electron chi connectivity index (χ3n) is 6.24. The highest BCUT2D eigenvalue weighted by Gasteiger charge is 2.40. The van der Waals surface area contributed by atoms with Crippen LogP contribution in [0.1, 0.15) is 48.0 Å². The highest BCUT2D eigenvalue weighted by molar-refractivity contribution is 7.17. The van der Waals surface area contributed by atoms with Crippen LogP contribution in [0.15, 0.2) is 39.9 Å². The Hall–Kier alpha value is -4.60. The van der Waals surface area contributed by atoms with Gasteiger partial charge in [-0.05, 0) is 31.9 Å². The lowest BCUT2D eigenvalue weighted by Crippen LogP contribution is -2.33. The number of H-pyrrole nitrogens is 1. The van der Waals surface area contributed by atoms with Gasteiger partial charge in [0.1, 0.15) is 15.7 Å². The van der Waals surface area contributed by atoms with Crippen LogP contribution in [0.3, 0.4) is 0 Å². The Morgan fingerprint density at radius 1 is 1.12 bits per heavy atom. The van der Waals surface area contributed by atoms with E-state index in [-0.39, 0.29) is 28.3 Å². The zero-order valence-electron chi connectivity index (χ0n) is 21.5. The summed E-state index contributed by atoms with van der Waals surface area (Å²) in [5.41, 5.74) is -0.170. The van der Waals surface area contributed by atoms with E-state index in [0.29, 0.717) is 47.4 Å². The number of anilines is 1. The minimum atomic E-state index is -4.90. The van der Waals surface area contributed by atoms with E-state index in [0.717, 1.165) is 12.8 Å². The Balaban J connectivity index is 1.62. The van der Waals surface area contributed by atoms with Crippen LogP contribution in [0.5, 0.6) is 0 Å². The van der Waals surface area contributed by atoms with Crippen molar-refractivity contribution >= 4 is 29.1 Å². The molecule has 214 valence electrons. The molecule has 5 rings (SSSR count). The van der Waals surface area contributed by atoms with Gasteiger partial charge in [0, 0.05) is 47.9 Å². The van der Waals surface area contributed by atoms with Gasteiger partial charge in [-0.2, -0.15) is 13.2 Å². The fraction of sp³-hybridized carbons (Fsp3) is 0.320. The number of pyridine rings is 2. The fourth-order valence-electron chi connectivity index (χ4n) is 4.41. The monoisotopic (exact) mass is 588 g/mol. The summed E-state index contributed by atoms with van der Waals surface area (Å²) in [6.45, 7) is 2.05. The van der Waals surface area contributed by atoms with Crippen molar-refractivity contribution in [1.29, 1.82) is 0 Å². The SMILES string of the molecule is CCNC(=O)Nc1cc(-c2nc(C(F)(F)F)c(C(=O)NC3CCCC3)s2)c(-c2cncc(-c3n[nH]c(=O)o3)c2)cn1. The van der Waals surface area contributed by atoms with E-state index in [1.54, 1.807) is 13.0 Å². The van der Waals surface area contributed by atoms with Crippen molar-refractivity contribution in [1.82, 2.24) is 35.8 Å². The van der Waals surface area contributed by atoms with Crippen LogP contribution in [0.25, 0.3) is 33.2 Å². The van der Waals surface area contributed by atoms with Crippen molar-refractivity contribution in [3.05, 3.63) is 51.8 Å². The Bertz CT molecular complexity index is 1640. The van der Waals surface area contributed by atoms with Gasteiger partial charge in [-0.3, -0.25) is 15.1 Å². The molecular weight excluding hydrogens is 565 g/mol. The summed E-state index contributed by atoms with van der Waals surface area (Å²) in [4.78, 5) is 48.2. The van der Waals surface area contributed by atoms with Crippen LogP contribution in [0, 0.1) is 0 Å². The molecule has 0 bridgehead atoms. The van der Waals surface area contributed by atoms with E-state index >= 15 is 0 Å². The van der Waals surface area contributed by atoms with Gasteiger partial charge in [-0.25, -0.2) is 24.7 Å². The minimum Gasteiger partial charge on any atom is -0.388 e. The average Bonchev–Trinajstić information content (AvgIpc) is 3.70. The van der Waals surface area contributed by atoms with E-state index in [9.17, 15) is 27.6 Å². The average molecular weight is 589 g/mol. The van der Waals surface area contributed by atoms with Crippen LogP contribution >= 0.6 is 11.3 Å². The molecule has 41 heavy (non-hydrogen) atoms. The van der Waals surface area contributed by atoms with Crippen molar-refractivity contribution < 1.29 is 27.2 Å². The van der Waals surface area contributed by atoms with Crippen LogP contribution in [-0.4, -0.2) is 49.7 Å². The largest absolute Gasteiger partial charge is 0.435 e. The van der Waals surface area contributed by atoms with E-state index in [2.05, 4.69) is 41.1 Å². The third-order valence-corrected chi connectivity index (χ3v) is 7.33. The van der Waals surface area contributed by atoms with Gasteiger partial charge in [-0.15, -0.1) is 16.4 Å². The number of hydrogen-bond donors (Lipinski definition) is 4. The lowest BCUT2D eigenvalue weighted by atomic mass is 10.0. The molecule has 0 unspecified atom stereocenters. The summed E-state index contributed by atoms with van der Waals surface area (Å²) in [5.74, 6) is -1.63. The summed E-state index contributed by atoms with van der Waals surface area (Å²) >= 11 is 0.585. The van der Waals surface area contributed by atoms with Gasteiger partial charge in [0.25, 0.3) is 11.8 Å². The number of aromatic amines is 1. The molecule has 1 aliphatic rings. The predicted octanol–water partition coefficient (Wildman–Crippen LogP) is 4.44. The molecule has 4 aromatic heterocycles. The predicted molar refractivity (Wildman–Crippen MR) is 142 cm³/mol. The first-order valence-corrected chi connectivity index (χ1v) is 13.4. The zero-order valence-corrected chi connectivity index (χ0v) is 22.3. The number of hydrogen-bond acceptors (Lipinski definition) is 9. The van der Waals surface area contributed by atoms with Gasteiger partial charge in [-0.1, -0.05) is 12.8 Å². The van der Waals surface area contributed by atoms with Gasteiger partial charge < -0.3 is 15.1 Å². The standard InChI is InChI=1S/C25H23F3N8O4S/c1-2-30-23(38)33-17-8-15(16(11-31-17)12-7-13(10-29-9-12)21-35-36-24(39)40-21)22-34-19(25(26,27)28)18(41-22)20(37)32-14-5-3-4-6-14/h7-11,14H,2-6H2,1H3,(H,32,37)(H,36,39)(H2,30,31,33,38). The van der Waals surface area contributed by atoms with Crippen molar-refractivity contribution in [2.24, 2.45) is 0 Å². The number of rotatable bonds is 7. The maximum atomic E-state index is 14.1. The number of halogens is 3. The molecule has 16 heteroatoms. The lowest BCUT2D eigenvalue weighted by molar-refractivity contribution is -0.141. The molecule has 4 N–H and O–H groups in total. The molecule has 4 aromatic rings. The summed E-state index contributed by atoms with van der Waals surface area (Å²) in [5, 5.41) is 13.6. The summed E-state index contributed by atoms with van der Waals surface area (Å²) in [6, 6.07) is 2.15. The van der Waals surface area contributed by atoms with Crippen LogP contribution < -0.4 is 21.7 Å². The quantitative estimate of drug-likeness (QED) is 0.246. The van der Waals surface area contributed by atoms with Crippen molar-refractivity contribution in [3.63, 3.8) is 0 Å². The molecule has 1 saturated carbocycles. The molecule has 0 spiro atoms. The lowest BCUT2D eigenvalue weighted by Gasteiger charge is -2.12. The van der Waals surface area contributed by atoms with Crippen molar-refractivity contribution in [3.8, 4) is 33.2 Å². The Morgan fingerprint density at radius 3 is 2.56 bits per heavy atom. The topological polar surface area (TPSA) is 168 Å². The molecule has 1 aliphatic carbocycles. The van der Waals surface area contributed by atoms with Crippen LogP contribution in [0.4, 0.5) is 23.8 Å². The first-order valence-electron chi connectivity index (χ1n) is 12.6. The zero-order chi connectivity index (χ0) is 29.1. The van der Waals surface area contributed by atoms with Crippen molar-refractivity contribution in [2.75, 3.05) is 11.9 Å². The second-order valence-corrected chi connectivity index (χ2v) is 10.1. The summed E-state index contributed by atoms with van der Waals surface area (Å²) in [7, 11) is 0. The molecule has 12 nitrogen and oxygen atoms in total. The van der Waals surface area contributed by atoms with Gasteiger partial charge >= 0.3 is 18.0 Å². The number of carbonyl (C=O) groups excluding carboxylic acids is 2. The maximum Gasteiger partial charge on any atom is 0.435 e. The van der Waals surface area contributed by atoms with E-state index in [1.807, 2.05) is 0 Å². The molecule has 0 aromatic carbocycles. The number of carbonyl (C=O) groups is 2. The van der Waals surface area contributed by atoms with Crippen molar-refractivity contribution in [2.45, 2.75) is 44.8 Å². The highest BCUT2D eigenvalue weighted by atomic mass is 32.1. The second kappa shape index (κ2) is 11.5. The number of aromatic nitrogens is 5. The van der Waals surface area contributed by atoms with Gasteiger partial charge in [0.05, 0.1) is 5.56 Å². The number of amides is 3. The molecule has 4 heterocycles. The first kappa shape index (κ1) is 27.9. The van der Waals surface area contributed by atoms with E-state index in [4.69, 9.17) is 4.42 Å². The van der Waals surface area contributed by atoms with E-state index < -0.39 is 34.4 Å². The molecule has 0 saturated heterocycles. The van der Waals surface area contributed by atoms with Crippen LogP contribution in [0.2, 0.25) is 0 Å². The normalized spacial score (nSPS) is 13.8.